The summed E-state index contributed by atoms with van der Waals surface area (Å²) in [6.45, 7) is 3.36. The number of phenolic OH excluding ortho intramolecular Hbond substituents is 1. The summed E-state index contributed by atoms with van der Waals surface area (Å²) in [6, 6.07) is 3.56. The third-order valence-electron chi connectivity index (χ3n) is 3.68. The number of carbonyl (C=O) groups excluding carboxylic acids is 1. The van der Waals surface area contributed by atoms with Crippen LogP contribution in [0.3, 0.4) is 0 Å². The van der Waals surface area contributed by atoms with Crippen LogP contribution >= 0.6 is 0 Å². The van der Waals surface area contributed by atoms with Crippen LogP contribution in [0.4, 0.5) is 5.69 Å². The Kier molecular flexibility index (Phi) is 4.22. The highest BCUT2D eigenvalue weighted by molar-refractivity contribution is 5.98. The molecule has 6 nitrogen and oxygen atoms in total. The zero-order valence-electron chi connectivity index (χ0n) is 11.4. The minimum atomic E-state index is -0.591. The van der Waals surface area contributed by atoms with Crippen molar-refractivity contribution in [2.45, 2.75) is 26.2 Å². The van der Waals surface area contributed by atoms with E-state index in [1.165, 1.54) is 18.2 Å². The minimum absolute atomic E-state index is 0.0350. The Hall–Kier alpha value is -2.11. The van der Waals surface area contributed by atoms with Gasteiger partial charge in [-0.15, -0.1) is 0 Å². The normalized spacial score (nSPS) is 18.2. The Bertz CT molecular complexity index is 530. The average molecular weight is 278 g/mol. The molecule has 1 amide bonds. The van der Waals surface area contributed by atoms with E-state index in [2.05, 4.69) is 6.92 Å². The Morgan fingerprint density at radius 1 is 1.55 bits per heavy atom. The van der Waals surface area contributed by atoms with Crippen LogP contribution in [0.2, 0.25) is 0 Å². The van der Waals surface area contributed by atoms with Crippen LogP contribution in [0.25, 0.3) is 0 Å². The molecule has 0 bridgehead atoms. The predicted molar refractivity (Wildman–Crippen MR) is 73.7 cm³/mol. The first-order valence-corrected chi connectivity index (χ1v) is 6.79. The van der Waals surface area contributed by atoms with Crippen molar-refractivity contribution in [2.24, 2.45) is 5.92 Å². The summed E-state index contributed by atoms with van der Waals surface area (Å²) in [7, 11) is 0. The Morgan fingerprint density at radius 2 is 2.30 bits per heavy atom. The van der Waals surface area contributed by atoms with Gasteiger partial charge in [0.2, 0.25) is 0 Å². The molecule has 1 N–H and O–H groups in total. The third kappa shape index (κ3) is 2.89. The molecule has 0 spiro atoms. The van der Waals surface area contributed by atoms with Crippen LogP contribution in [0.15, 0.2) is 18.2 Å². The van der Waals surface area contributed by atoms with E-state index >= 15 is 0 Å². The van der Waals surface area contributed by atoms with Gasteiger partial charge in [-0.3, -0.25) is 14.9 Å². The molecule has 0 aromatic heterocycles. The number of aromatic hydroxyl groups is 1. The Labute approximate surface area is 117 Å². The van der Waals surface area contributed by atoms with Crippen molar-refractivity contribution in [3.8, 4) is 5.75 Å². The number of carbonyl (C=O) groups is 1. The highest BCUT2D eigenvalue weighted by atomic mass is 16.6. The number of hydrogen-bond donors (Lipinski definition) is 1. The van der Waals surface area contributed by atoms with E-state index in [1.807, 2.05) is 0 Å². The van der Waals surface area contributed by atoms with Gasteiger partial charge in [-0.2, -0.15) is 0 Å². The van der Waals surface area contributed by atoms with E-state index in [-0.39, 0.29) is 22.9 Å². The maximum atomic E-state index is 12.4. The molecule has 1 aliphatic rings. The molecule has 1 heterocycles. The van der Waals surface area contributed by atoms with Gasteiger partial charge in [0.05, 0.1) is 4.92 Å². The first-order valence-electron chi connectivity index (χ1n) is 6.79. The number of amides is 1. The van der Waals surface area contributed by atoms with Crippen molar-refractivity contribution >= 4 is 11.6 Å². The lowest BCUT2D eigenvalue weighted by molar-refractivity contribution is -0.385. The molecule has 1 aliphatic heterocycles. The molecule has 1 aromatic rings. The molecule has 0 aliphatic carbocycles. The molecule has 108 valence electrons. The molecule has 1 saturated heterocycles. The van der Waals surface area contributed by atoms with E-state index in [4.69, 9.17) is 0 Å². The largest absolute Gasteiger partial charge is 0.508 e. The van der Waals surface area contributed by atoms with Crippen LogP contribution in [-0.4, -0.2) is 33.9 Å². The quantitative estimate of drug-likeness (QED) is 0.677. The molecule has 1 aromatic carbocycles. The molecular formula is C14H18N2O4. The first-order chi connectivity index (χ1) is 9.52. The summed E-state index contributed by atoms with van der Waals surface area (Å²) in [6.07, 6.45) is 3.07. The summed E-state index contributed by atoms with van der Waals surface area (Å²) >= 11 is 0. The second-order valence-electron chi connectivity index (χ2n) is 5.15. The lowest BCUT2D eigenvalue weighted by atomic mass is 10.0. The van der Waals surface area contributed by atoms with Crippen molar-refractivity contribution < 1.29 is 14.8 Å². The summed E-state index contributed by atoms with van der Waals surface area (Å²) in [5.74, 6) is -0.0326. The van der Waals surface area contributed by atoms with E-state index < -0.39 is 4.92 Å². The minimum Gasteiger partial charge on any atom is -0.508 e. The topological polar surface area (TPSA) is 83.7 Å². The number of benzene rings is 1. The summed E-state index contributed by atoms with van der Waals surface area (Å²) in [5, 5.41) is 20.4. The predicted octanol–water partition coefficient (Wildman–Crippen LogP) is 2.56. The molecule has 2 rings (SSSR count). The van der Waals surface area contributed by atoms with Crippen LogP contribution in [-0.2, 0) is 0 Å². The molecular weight excluding hydrogens is 260 g/mol. The van der Waals surface area contributed by atoms with Crippen molar-refractivity contribution in [1.82, 2.24) is 4.90 Å². The standard InChI is InChI=1S/C14H18N2O4/c1-2-3-10-6-7-15(9-10)14(18)12-8-11(17)4-5-13(12)16(19)20/h4-5,8,10,17H,2-3,6-7,9H2,1H3. The summed E-state index contributed by atoms with van der Waals surface area (Å²) in [5.41, 5.74) is -0.293. The van der Waals surface area contributed by atoms with Gasteiger partial charge >= 0.3 is 0 Å². The molecule has 0 saturated carbocycles. The van der Waals surface area contributed by atoms with Gasteiger partial charge < -0.3 is 10.0 Å². The van der Waals surface area contributed by atoms with Gasteiger partial charge in [0, 0.05) is 19.2 Å². The van der Waals surface area contributed by atoms with Crippen molar-refractivity contribution in [3.05, 3.63) is 33.9 Å². The summed E-state index contributed by atoms with van der Waals surface area (Å²) < 4.78 is 0. The molecule has 6 heteroatoms. The van der Waals surface area contributed by atoms with Gasteiger partial charge in [-0.05, 0) is 30.9 Å². The number of rotatable bonds is 4. The number of phenols is 1. The fraction of sp³-hybridized carbons (Fsp3) is 0.500. The Morgan fingerprint density at radius 3 is 2.95 bits per heavy atom. The van der Waals surface area contributed by atoms with E-state index in [0.29, 0.717) is 19.0 Å². The average Bonchev–Trinajstić information content (AvgIpc) is 2.86. The van der Waals surface area contributed by atoms with Gasteiger partial charge in [0.15, 0.2) is 0 Å². The second-order valence-corrected chi connectivity index (χ2v) is 5.15. The van der Waals surface area contributed by atoms with Crippen LogP contribution < -0.4 is 0 Å². The molecule has 1 atom stereocenters. The van der Waals surface area contributed by atoms with Crippen LogP contribution in [0.1, 0.15) is 36.5 Å². The van der Waals surface area contributed by atoms with Crippen molar-refractivity contribution in [3.63, 3.8) is 0 Å². The van der Waals surface area contributed by atoms with Gasteiger partial charge in [0.1, 0.15) is 11.3 Å². The van der Waals surface area contributed by atoms with E-state index in [0.717, 1.165) is 19.3 Å². The number of nitro benzene ring substituents is 1. The molecule has 1 fully saturated rings. The number of nitro groups is 1. The van der Waals surface area contributed by atoms with Crippen LogP contribution in [0, 0.1) is 16.0 Å². The third-order valence-corrected chi connectivity index (χ3v) is 3.68. The maximum absolute atomic E-state index is 12.4. The highest BCUT2D eigenvalue weighted by Crippen LogP contribution is 2.28. The van der Waals surface area contributed by atoms with Gasteiger partial charge in [0.25, 0.3) is 11.6 Å². The fourth-order valence-electron chi connectivity index (χ4n) is 2.69. The molecule has 1 unspecified atom stereocenters. The number of hydrogen-bond acceptors (Lipinski definition) is 4. The second kappa shape index (κ2) is 5.90. The SMILES string of the molecule is CCCC1CCN(C(=O)c2cc(O)ccc2[N+](=O)[O-])C1. The maximum Gasteiger partial charge on any atom is 0.282 e. The molecule has 0 radical (unpaired) electrons. The lowest BCUT2D eigenvalue weighted by Gasteiger charge is -2.16. The van der Waals surface area contributed by atoms with E-state index in [1.54, 1.807) is 4.90 Å². The number of nitrogens with zero attached hydrogens (tertiary/aromatic N) is 2. The van der Waals surface area contributed by atoms with Crippen LogP contribution in [0.5, 0.6) is 5.75 Å². The van der Waals surface area contributed by atoms with E-state index in [9.17, 15) is 20.0 Å². The van der Waals surface area contributed by atoms with Gasteiger partial charge in [-0.1, -0.05) is 13.3 Å². The monoisotopic (exact) mass is 278 g/mol. The fourth-order valence-corrected chi connectivity index (χ4v) is 2.69. The lowest BCUT2D eigenvalue weighted by Crippen LogP contribution is -2.29. The smallest absolute Gasteiger partial charge is 0.282 e. The summed E-state index contributed by atoms with van der Waals surface area (Å²) in [4.78, 5) is 24.4. The van der Waals surface area contributed by atoms with Crippen molar-refractivity contribution in [1.29, 1.82) is 0 Å². The molecule has 20 heavy (non-hydrogen) atoms. The van der Waals surface area contributed by atoms with Gasteiger partial charge in [-0.25, -0.2) is 0 Å². The highest BCUT2D eigenvalue weighted by Gasteiger charge is 2.30. The zero-order valence-corrected chi connectivity index (χ0v) is 11.4. The number of likely N-dealkylation sites (tertiary alicyclic amines) is 1. The Balaban J connectivity index is 2.21. The first kappa shape index (κ1) is 14.3. The van der Waals surface area contributed by atoms with Crippen molar-refractivity contribution in [2.75, 3.05) is 13.1 Å². The zero-order chi connectivity index (χ0) is 14.7.